The number of tetrazole rings is 1. The van der Waals surface area contributed by atoms with E-state index in [1.165, 1.54) is 0 Å². The van der Waals surface area contributed by atoms with Crippen LogP contribution in [-0.4, -0.2) is 44.0 Å². The van der Waals surface area contributed by atoms with Gasteiger partial charge in [0.15, 0.2) is 17.3 Å². The number of aromatic nitrogens is 5. The zero-order valence-corrected chi connectivity index (χ0v) is 21.8. The third-order valence-electron chi connectivity index (χ3n) is 6.58. The standard InChI is InChI=1S/C27H32N6O4/c1-6-22(25-29-30-31-33(25)27(2,3)4)32(14-17-7-10-23-24(11-17)37-16-36-23)15-19-12-18-13-20(35-5)8-9-21(18)28-26(19)34/h7-13,22H,6,14-16H2,1-5H3,(H,28,34)/t22-/m1/s1. The fourth-order valence-corrected chi connectivity index (χ4v) is 4.73. The molecule has 10 nitrogen and oxygen atoms in total. The van der Waals surface area contributed by atoms with Crippen LogP contribution in [0, 0.1) is 0 Å². The zero-order chi connectivity index (χ0) is 26.2. The number of aromatic amines is 1. The normalized spacial score (nSPS) is 13.9. The number of benzene rings is 2. The van der Waals surface area contributed by atoms with Gasteiger partial charge in [0.2, 0.25) is 6.79 Å². The van der Waals surface area contributed by atoms with E-state index in [2.05, 4.69) is 53.1 Å². The predicted octanol–water partition coefficient (Wildman–Crippen LogP) is 4.16. The molecule has 1 atom stereocenters. The Hall–Kier alpha value is -3.92. The van der Waals surface area contributed by atoms with Gasteiger partial charge in [-0.2, -0.15) is 0 Å². The number of fused-ring (bicyclic) bond motifs is 2. The van der Waals surface area contributed by atoms with Gasteiger partial charge in [-0.1, -0.05) is 13.0 Å². The van der Waals surface area contributed by atoms with Crippen LogP contribution in [0.15, 0.2) is 47.3 Å². The van der Waals surface area contributed by atoms with Gasteiger partial charge in [0.25, 0.3) is 5.56 Å². The quantitative estimate of drug-likeness (QED) is 0.381. The average Bonchev–Trinajstić information content (AvgIpc) is 3.54. The van der Waals surface area contributed by atoms with Crippen LogP contribution in [-0.2, 0) is 18.6 Å². The SMILES string of the molecule is CC[C@H](c1nnnn1C(C)(C)C)N(Cc1ccc2c(c1)OCO2)Cc1cc2cc(OC)ccc2[nH]c1=O. The summed E-state index contributed by atoms with van der Waals surface area (Å²) in [6.07, 6.45) is 0.750. The molecule has 1 aliphatic heterocycles. The van der Waals surface area contributed by atoms with Crippen molar-refractivity contribution >= 4 is 10.9 Å². The second-order valence-electron chi connectivity index (χ2n) is 10.2. The maximum absolute atomic E-state index is 13.2. The van der Waals surface area contributed by atoms with Gasteiger partial charge < -0.3 is 19.2 Å². The second kappa shape index (κ2) is 9.85. The van der Waals surface area contributed by atoms with Crippen LogP contribution < -0.4 is 19.8 Å². The summed E-state index contributed by atoms with van der Waals surface area (Å²) in [6, 6.07) is 13.3. The molecule has 2 aromatic carbocycles. The van der Waals surface area contributed by atoms with Crippen LogP contribution in [0.1, 0.15) is 57.1 Å². The Morgan fingerprint density at radius 2 is 1.92 bits per heavy atom. The Balaban J connectivity index is 1.56. The van der Waals surface area contributed by atoms with Crippen molar-refractivity contribution in [2.24, 2.45) is 0 Å². The fraction of sp³-hybridized carbons (Fsp3) is 0.407. The summed E-state index contributed by atoms with van der Waals surface area (Å²) < 4.78 is 18.3. The van der Waals surface area contributed by atoms with Crippen LogP contribution in [0.4, 0.5) is 0 Å². The van der Waals surface area contributed by atoms with Gasteiger partial charge in [0.05, 0.1) is 18.7 Å². The summed E-state index contributed by atoms with van der Waals surface area (Å²) in [5.74, 6) is 2.95. The van der Waals surface area contributed by atoms with Crippen molar-refractivity contribution < 1.29 is 14.2 Å². The number of methoxy groups -OCH3 is 1. The van der Waals surface area contributed by atoms with E-state index in [1.54, 1.807) is 7.11 Å². The van der Waals surface area contributed by atoms with E-state index in [0.29, 0.717) is 18.7 Å². The second-order valence-corrected chi connectivity index (χ2v) is 10.2. The molecule has 5 rings (SSSR count). The first-order valence-electron chi connectivity index (χ1n) is 12.4. The van der Waals surface area contributed by atoms with Gasteiger partial charge in [-0.15, -0.1) is 5.10 Å². The molecule has 0 amide bonds. The summed E-state index contributed by atoms with van der Waals surface area (Å²) in [6.45, 7) is 9.49. The van der Waals surface area contributed by atoms with E-state index in [4.69, 9.17) is 14.2 Å². The maximum Gasteiger partial charge on any atom is 0.252 e. The van der Waals surface area contributed by atoms with Gasteiger partial charge in [-0.25, -0.2) is 4.68 Å². The minimum absolute atomic E-state index is 0.126. The maximum atomic E-state index is 13.2. The highest BCUT2D eigenvalue weighted by molar-refractivity contribution is 5.80. The number of rotatable bonds is 8. The topological polar surface area (TPSA) is 107 Å². The molecular weight excluding hydrogens is 472 g/mol. The number of H-pyrrole nitrogens is 1. The lowest BCUT2D eigenvalue weighted by atomic mass is 10.0. The van der Waals surface area contributed by atoms with E-state index in [1.807, 2.05) is 47.1 Å². The van der Waals surface area contributed by atoms with Gasteiger partial charge in [0, 0.05) is 29.6 Å². The summed E-state index contributed by atoms with van der Waals surface area (Å²) in [5.41, 5.74) is 2.03. The van der Waals surface area contributed by atoms with Crippen molar-refractivity contribution in [1.29, 1.82) is 0 Å². The van der Waals surface area contributed by atoms with Crippen molar-refractivity contribution in [2.75, 3.05) is 13.9 Å². The van der Waals surface area contributed by atoms with Gasteiger partial charge in [-0.05, 0) is 79.6 Å². The summed E-state index contributed by atoms with van der Waals surface area (Å²) >= 11 is 0. The number of hydrogen-bond acceptors (Lipinski definition) is 8. The molecule has 4 aromatic rings. The first kappa shape index (κ1) is 24.8. The lowest BCUT2D eigenvalue weighted by Crippen LogP contribution is -2.35. The molecule has 0 saturated heterocycles. The average molecular weight is 505 g/mol. The molecule has 2 aromatic heterocycles. The van der Waals surface area contributed by atoms with E-state index in [9.17, 15) is 4.79 Å². The van der Waals surface area contributed by atoms with E-state index in [0.717, 1.165) is 46.0 Å². The number of nitrogens with one attached hydrogen (secondary N) is 1. The Morgan fingerprint density at radius 1 is 1.11 bits per heavy atom. The highest BCUT2D eigenvalue weighted by atomic mass is 16.7. The molecule has 0 unspecified atom stereocenters. The molecule has 0 radical (unpaired) electrons. The van der Waals surface area contributed by atoms with Gasteiger partial charge in [0.1, 0.15) is 5.75 Å². The third kappa shape index (κ3) is 5.01. The van der Waals surface area contributed by atoms with Crippen LogP contribution in [0.2, 0.25) is 0 Å². The molecule has 37 heavy (non-hydrogen) atoms. The Morgan fingerprint density at radius 3 is 2.68 bits per heavy atom. The number of nitrogens with zero attached hydrogens (tertiary/aromatic N) is 5. The minimum atomic E-state index is -0.298. The van der Waals surface area contributed by atoms with Crippen LogP contribution in [0.25, 0.3) is 10.9 Å². The summed E-state index contributed by atoms with van der Waals surface area (Å²) in [7, 11) is 1.63. The number of pyridine rings is 1. The fourth-order valence-electron chi connectivity index (χ4n) is 4.73. The molecule has 1 aliphatic rings. The molecule has 0 fully saturated rings. The predicted molar refractivity (Wildman–Crippen MR) is 139 cm³/mol. The molecule has 10 heteroatoms. The van der Waals surface area contributed by atoms with Crippen LogP contribution in [0.5, 0.6) is 17.2 Å². The van der Waals surface area contributed by atoms with Crippen molar-refractivity contribution in [2.45, 2.75) is 58.8 Å². The van der Waals surface area contributed by atoms with Crippen molar-refractivity contribution in [1.82, 2.24) is 30.1 Å². The minimum Gasteiger partial charge on any atom is -0.497 e. The molecule has 0 spiro atoms. The third-order valence-corrected chi connectivity index (χ3v) is 6.58. The summed E-state index contributed by atoms with van der Waals surface area (Å²) in [4.78, 5) is 18.4. The smallest absolute Gasteiger partial charge is 0.252 e. The van der Waals surface area contributed by atoms with Crippen molar-refractivity contribution in [3.05, 3.63) is 69.8 Å². The molecule has 0 aliphatic carbocycles. The molecule has 3 heterocycles. The highest BCUT2D eigenvalue weighted by Crippen LogP contribution is 2.35. The molecule has 1 N–H and O–H groups in total. The van der Waals surface area contributed by atoms with E-state index >= 15 is 0 Å². The summed E-state index contributed by atoms with van der Waals surface area (Å²) in [5, 5.41) is 13.6. The molecule has 0 saturated carbocycles. The van der Waals surface area contributed by atoms with Gasteiger partial charge >= 0.3 is 0 Å². The van der Waals surface area contributed by atoms with Crippen molar-refractivity contribution in [3.63, 3.8) is 0 Å². The first-order chi connectivity index (χ1) is 17.8. The van der Waals surface area contributed by atoms with Crippen LogP contribution in [0.3, 0.4) is 0 Å². The Kier molecular flexibility index (Phi) is 6.59. The molecule has 0 bridgehead atoms. The highest BCUT2D eigenvalue weighted by Gasteiger charge is 2.30. The zero-order valence-electron chi connectivity index (χ0n) is 21.8. The lowest BCUT2D eigenvalue weighted by molar-refractivity contribution is 0.153. The van der Waals surface area contributed by atoms with Gasteiger partial charge in [-0.3, -0.25) is 9.69 Å². The Labute approximate surface area is 215 Å². The lowest BCUT2D eigenvalue weighted by Gasteiger charge is -2.32. The largest absolute Gasteiger partial charge is 0.497 e. The van der Waals surface area contributed by atoms with Crippen molar-refractivity contribution in [3.8, 4) is 17.2 Å². The van der Waals surface area contributed by atoms with E-state index in [-0.39, 0.29) is 23.9 Å². The monoisotopic (exact) mass is 504 g/mol. The number of hydrogen-bond donors (Lipinski definition) is 1. The molecule has 194 valence electrons. The molecular formula is C27H32N6O4. The van der Waals surface area contributed by atoms with E-state index < -0.39 is 0 Å². The first-order valence-corrected chi connectivity index (χ1v) is 12.4. The Bertz CT molecular complexity index is 1470. The van der Waals surface area contributed by atoms with Crippen LogP contribution >= 0.6 is 0 Å². The number of ether oxygens (including phenoxy) is 3.